The maximum Gasteiger partial charge on any atom is 0.337 e. The van der Waals surface area contributed by atoms with Crippen molar-refractivity contribution in [2.75, 3.05) is 5.32 Å². The van der Waals surface area contributed by atoms with Crippen molar-refractivity contribution < 1.29 is 9.53 Å². The first kappa shape index (κ1) is 12.9. The van der Waals surface area contributed by atoms with Gasteiger partial charge in [0.15, 0.2) is 5.75 Å². The first-order valence-corrected chi connectivity index (χ1v) is 6.49. The third-order valence-corrected chi connectivity index (χ3v) is 3.85. The number of fused-ring (bicyclic) bond motifs is 1. The molecule has 18 heavy (non-hydrogen) atoms. The third-order valence-electron chi connectivity index (χ3n) is 3.85. The summed E-state index contributed by atoms with van der Waals surface area (Å²) in [7, 11) is 0. The Labute approximate surface area is 109 Å². The van der Waals surface area contributed by atoms with Crippen molar-refractivity contribution in [2.24, 2.45) is 5.92 Å². The topological polar surface area (TPSA) is 38.3 Å². The normalized spacial score (nSPS) is 22.7. The second kappa shape index (κ2) is 4.30. The van der Waals surface area contributed by atoms with E-state index < -0.39 is 5.54 Å². The molecular formula is C15H21NO2. The molecule has 0 aromatic heterocycles. The predicted molar refractivity (Wildman–Crippen MR) is 73.0 cm³/mol. The van der Waals surface area contributed by atoms with Gasteiger partial charge in [0.1, 0.15) is 5.54 Å². The van der Waals surface area contributed by atoms with E-state index in [2.05, 4.69) is 25.2 Å². The van der Waals surface area contributed by atoms with Crippen molar-refractivity contribution in [1.82, 2.24) is 0 Å². The number of carbonyl (C=O) groups excluding carboxylic acids is 1. The van der Waals surface area contributed by atoms with Crippen LogP contribution in [0, 0.1) is 5.92 Å². The average molecular weight is 247 g/mol. The minimum absolute atomic E-state index is 0.169. The smallest absolute Gasteiger partial charge is 0.337 e. The van der Waals surface area contributed by atoms with E-state index in [9.17, 15) is 4.79 Å². The Balaban J connectivity index is 2.40. The molecule has 98 valence electrons. The molecule has 1 N–H and O–H groups in total. The van der Waals surface area contributed by atoms with E-state index in [1.165, 1.54) is 5.56 Å². The number of benzene rings is 1. The molecule has 0 radical (unpaired) electrons. The highest BCUT2D eigenvalue weighted by Crippen LogP contribution is 2.37. The lowest BCUT2D eigenvalue weighted by Crippen LogP contribution is -2.52. The zero-order chi connectivity index (χ0) is 13.5. The Kier molecular flexibility index (Phi) is 3.09. The van der Waals surface area contributed by atoms with Gasteiger partial charge >= 0.3 is 5.97 Å². The minimum Gasteiger partial charge on any atom is -0.423 e. The predicted octanol–water partition coefficient (Wildman–Crippen LogP) is 3.56. The SMILES string of the molecule is CC(C)c1ccc2c(c1)OC(=O)C(C)(C(C)C)N2. The summed E-state index contributed by atoms with van der Waals surface area (Å²) in [6.07, 6.45) is 0. The fraction of sp³-hybridized carbons (Fsp3) is 0.533. The highest BCUT2D eigenvalue weighted by atomic mass is 16.5. The van der Waals surface area contributed by atoms with Gasteiger partial charge in [-0.1, -0.05) is 33.8 Å². The van der Waals surface area contributed by atoms with E-state index in [0.717, 1.165) is 5.69 Å². The first-order valence-electron chi connectivity index (χ1n) is 6.49. The Morgan fingerprint density at radius 2 is 1.89 bits per heavy atom. The summed E-state index contributed by atoms with van der Waals surface area (Å²) in [5.41, 5.74) is 1.43. The van der Waals surface area contributed by atoms with Gasteiger partial charge in [0.05, 0.1) is 5.69 Å². The molecule has 1 aromatic carbocycles. The molecule has 1 aliphatic heterocycles. The van der Waals surface area contributed by atoms with Gasteiger partial charge < -0.3 is 10.1 Å². The molecular weight excluding hydrogens is 226 g/mol. The van der Waals surface area contributed by atoms with E-state index in [0.29, 0.717) is 11.7 Å². The molecule has 1 unspecified atom stereocenters. The molecule has 3 heteroatoms. The highest BCUT2D eigenvalue weighted by molar-refractivity contribution is 5.91. The summed E-state index contributed by atoms with van der Waals surface area (Å²) in [5.74, 6) is 1.03. The van der Waals surface area contributed by atoms with Crippen molar-refractivity contribution >= 4 is 11.7 Å². The molecule has 0 spiro atoms. The lowest BCUT2D eigenvalue weighted by molar-refractivity contribution is -0.141. The molecule has 0 aliphatic carbocycles. The molecule has 0 saturated carbocycles. The summed E-state index contributed by atoms with van der Waals surface area (Å²) in [6.45, 7) is 10.2. The van der Waals surface area contributed by atoms with Crippen molar-refractivity contribution in [3.63, 3.8) is 0 Å². The molecule has 0 saturated heterocycles. The summed E-state index contributed by atoms with van der Waals surface area (Å²) >= 11 is 0. The molecule has 0 amide bonds. The molecule has 1 heterocycles. The van der Waals surface area contributed by atoms with E-state index in [4.69, 9.17) is 4.74 Å². The van der Waals surface area contributed by atoms with E-state index in [1.54, 1.807) is 0 Å². The number of hydrogen-bond donors (Lipinski definition) is 1. The molecule has 2 rings (SSSR count). The van der Waals surface area contributed by atoms with Crippen LogP contribution in [0.5, 0.6) is 5.75 Å². The monoisotopic (exact) mass is 247 g/mol. The average Bonchev–Trinajstić information content (AvgIpc) is 2.29. The third kappa shape index (κ3) is 1.98. The number of ether oxygens (including phenoxy) is 1. The lowest BCUT2D eigenvalue weighted by atomic mass is 9.87. The highest BCUT2D eigenvalue weighted by Gasteiger charge is 2.42. The number of esters is 1. The Morgan fingerprint density at radius 1 is 1.22 bits per heavy atom. The molecule has 1 atom stereocenters. The summed E-state index contributed by atoms with van der Waals surface area (Å²) in [6, 6.07) is 6.03. The van der Waals surface area contributed by atoms with Gasteiger partial charge in [0.25, 0.3) is 0 Å². The van der Waals surface area contributed by atoms with Crippen LogP contribution in [0.4, 0.5) is 5.69 Å². The van der Waals surface area contributed by atoms with Crippen molar-refractivity contribution in [3.8, 4) is 5.75 Å². The molecule has 1 aromatic rings. The minimum atomic E-state index is -0.646. The van der Waals surface area contributed by atoms with Gasteiger partial charge in [0.2, 0.25) is 0 Å². The quantitative estimate of drug-likeness (QED) is 0.641. The van der Waals surface area contributed by atoms with Gasteiger partial charge in [0, 0.05) is 0 Å². The van der Waals surface area contributed by atoms with Gasteiger partial charge in [-0.15, -0.1) is 0 Å². The van der Waals surface area contributed by atoms with Crippen molar-refractivity contribution in [1.29, 1.82) is 0 Å². The van der Waals surface area contributed by atoms with Crippen LogP contribution in [0.25, 0.3) is 0 Å². The standard InChI is InChI=1S/C15H21NO2/c1-9(2)11-6-7-12-13(8-11)18-14(17)15(5,16-12)10(3)4/h6-10,16H,1-5H3. The van der Waals surface area contributed by atoms with Crippen molar-refractivity contribution in [3.05, 3.63) is 23.8 Å². The molecule has 3 nitrogen and oxygen atoms in total. The number of rotatable bonds is 2. The maximum atomic E-state index is 12.1. The lowest BCUT2D eigenvalue weighted by Gasteiger charge is -2.37. The second-order valence-electron chi connectivity index (χ2n) is 5.78. The van der Waals surface area contributed by atoms with Crippen LogP contribution in [0.1, 0.15) is 46.1 Å². The summed E-state index contributed by atoms with van der Waals surface area (Å²) in [5, 5.41) is 3.31. The number of nitrogens with one attached hydrogen (secondary N) is 1. The Bertz CT molecular complexity index is 479. The summed E-state index contributed by atoms with van der Waals surface area (Å²) in [4.78, 5) is 12.1. The van der Waals surface area contributed by atoms with Crippen LogP contribution < -0.4 is 10.1 Å². The van der Waals surface area contributed by atoms with Crippen LogP contribution in [0.15, 0.2) is 18.2 Å². The van der Waals surface area contributed by atoms with Crippen LogP contribution in [-0.2, 0) is 4.79 Å². The van der Waals surface area contributed by atoms with Crippen LogP contribution >= 0.6 is 0 Å². The Hall–Kier alpha value is -1.51. The van der Waals surface area contributed by atoms with Gasteiger partial charge in [-0.2, -0.15) is 0 Å². The van der Waals surface area contributed by atoms with Gasteiger partial charge in [-0.25, -0.2) is 4.79 Å². The van der Waals surface area contributed by atoms with Crippen LogP contribution in [-0.4, -0.2) is 11.5 Å². The Morgan fingerprint density at radius 3 is 2.44 bits per heavy atom. The van der Waals surface area contributed by atoms with Crippen LogP contribution in [0.3, 0.4) is 0 Å². The van der Waals surface area contributed by atoms with Crippen LogP contribution in [0.2, 0.25) is 0 Å². The number of anilines is 1. The van der Waals surface area contributed by atoms with E-state index >= 15 is 0 Å². The molecule has 0 bridgehead atoms. The first-order chi connectivity index (χ1) is 8.34. The van der Waals surface area contributed by atoms with Gasteiger partial charge in [-0.3, -0.25) is 0 Å². The largest absolute Gasteiger partial charge is 0.423 e. The summed E-state index contributed by atoms with van der Waals surface area (Å²) < 4.78 is 5.50. The molecule has 1 aliphatic rings. The van der Waals surface area contributed by atoms with E-state index in [-0.39, 0.29) is 11.9 Å². The fourth-order valence-corrected chi connectivity index (χ4v) is 2.00. The van der Waals surface area contributed by atoms with Gasteiger partial charge in [-0.05, 0) is 36.5 Å². The van der Waals surface area contributed by atoms with Crippen molar-refractivity contribution in [2.45, 2.75) is 46.1 Å². The number of hydrogen-bond acceptors (Lipinski definition) is 3. The second-order valence-corrected chi connectivity index (χ2v) is 5.78. The molecule has 0 fully saturated rings. The number of carbonyl (C=O) groups is 1. The zero-order valence-electron chi connectivity index (χ0n) is 11.7. The fourth-order valence-electron chi connectivity index (χ4n) is 2.00. The maximum absolute atomic E-state index is 12.1. The zero-order valence-corrected chi connectivity index (χ0v) is 11.7. The van der Waals surface area contributed by atoms with E-state index in [1.807, 2.05) is 32.9 Å².